The molecule has 0 aromatic heterocycles. The molecule has 0 aliphatic rings. The minimum absolute atomic E-state index is 0.369. The van der Waals surface area contributed by atoms with E-state index in [0.29, 0.717) is 6.04 Å². The van der Waals surface area contributed by atoms with E-state index in [-0.39, 0.29) is 0 Å². The molecule has 3 nitrogen and oxygen atoms in total. The molecule has 1 unspecified atom stereocenters. The molecule has 1 atom stereocenters. The number of nitrogen functional groups attached to an aromatic ring is 1. The van der Waals surface area contributed by atoms with Crippen LogP contribution in [-0.2, 0) is 4.74 Å². The maximum absolute atomic E-state index is 5.90. The Kier molecular flexibility index (Phi) is 4.43. The van der Waals surface area contributed by atoms with E-state index in [0.717, 1.165) is 24.4 Å². The minimum atomic E-state index is 0.369. The Labute approximate surface area is 91.6 Å². The molecule has 0 bridgehead atoms. The molecule has 0 saturated heterocycles. The molecular weight excluding hydrogens is 188 g/mol. The summed E-state index contributed by atoms with van der Waals surface area (Å²) in [5, 5.41) is 3.41. The lowest BCUT2D eigenvalue weighted by atomic mass is 10.1. The van der Waals surface area contributed by atoms with Crippen molar-refractivity contribution < 1.29 is 4.74 Å². The molecule has 0 saturated carbocycles. The third kappa shape index (κ3) is 3.44. The third-order valence-corrected chi connectivity index (χ3v) is 2.45. The van der Waals surface area contributed by atoms with Crippen LogP contribution in [0.4, 0.5) is 11.4 Å². The summed E-state index contributed by atoms with van der Waals surface area (Å²) in [6.45, 7) is 4.95. The number of benzene rings is 1. The second-order valence-corrected chi connectivity index (χ2v) is 3.87. The highest BCUT2D eigenvalue weighted by atomic mass is 16.5. The van der Waals surface area contributed by atoms with Crippen molar-refractivity contribution in [3.63, 3.8) is 0 Å². The Balaban J connectivity index is 2.63. The second-order valence-electron chi connectivity index (χ2n) is 3.87. The van der Waals surface area contributed by atoms with Gasteiger partial charge in [-0.2, -0.15) is 0 Å². The lowest BCUT2D eigenvalue weighted by Gasteiger charge is -2.18. The van der Waals surface area contributed by atoms with E-state index in [1.165, 1.54) is 5.56 Å². The number of rotatable bonds is 5. The van der Waals surface area contributed by atoms with E-state index in [1.54, 1.807) is 7.11 Å². The zero-order chi connectivity index (χ0) is 11.3. The fourth-order valence-electron chi connectivity index (χ4n) is 1.50. The van der Waals surface area contributed by atoms with Crippen LogP contribution in [0.25, 0.3) is 0 Å². The normalized spacial score (nSPS) is 12.5. The molecule has 0 aliphatic heterocycles. The van der Waals surface area contributed by atoms with Crippen LogP contribution in [0.2, 0.25) is 0 Å². The highest BCUT2D eigenvalue weighted by molar-refractivity contribution is 5.70. The zero-order valence-electron chi connectivity index (χ0n) is 9.71. The van der Waals surface area contributed by atoms with Gasteiger partial charge in [0.25, 0.3) is 0 Å². The number of nitrogens with one attached hydrogen (secondary N) is 1. The molecule has 0 radical (unpaired) electrons. The van der Waals surface area contributed by atoms with E-state index in [2.05, 4.69) is 25.2 Å². The van der Waals surface area contributed by atoms with Crippen LogP contribution in [0.5, 0.6) is 0 Å². The number of para-hydroxylation sites is 1. The molecule has 3 heteroatoms. The molecule has 1 aromatic carbocycles. The SMILES string of the molecule is COCCC(C)Nc1c(C)cccc1N. The summed E-state index contributed by atoms with van der Waals surface area (Å²) in [6.07, 6.45) is 0.976. The molecule has 0 aliphatic carbocycles. The first-order valence-electron chi connectivity index (χ1n) is 5.25. The number of nitrogens with two attached hydrogens (primary N) is 1. The molecule has 0 spiro atoms. The Morgan fingerprint density at radius 2 is 2.20 bits per heavy atom. The first-order chi connectivity index (χ1) is 7.15. The predicted molar refractivity (Wildman–Crippen MR) is 65.2 cm³/mol. The van der Waals surface area contributed by atoms with Crippen LogP contribution in [0.1, 0.15) is 18.9 Å². The van der Waals surface area contributed by atoms with E-state index >= 15 is 0 Å². The smallest absolute Gasteiger partial charge is 0.0605 e. The van der Waals surface area contributed by atoms with Gasteiger partial charge in [-0.15, -0.1) is 0 Å². The van der Waals surface area contributed by atoms with Gasteiger partial charge >= 0.3 is 0 Å². The molecule has 1 aromatic rings. The first kappa shape index (κ1) is 11.9. The molecule has 84 valence electrons. The van der Waals surface area contributed by atoms with Gasteiger partial charge in [0.05, 0.1) is 11.4 Å². The maximum atomic E-state index is 5.90. The Morgan fingerprint density at radius 3 is 2.80 bits per heavy atom. The van der Waals surface area contributed by atoms with Crippen molar-refractivity contribution in [1.82, 2.24) is 0 Å². The van der Waals surface area contributed by atoms with E-state index in [1.807, 2.05) is 12.1 Å². The van der Waals surface area contributed by atoms with Crippen LogP contribution in [-0.4, -0.2) is 19.8 Å². The minimum Gasteiger partial charge on any atom is -0.397 e. The van der Waals surface area contributed by atoms with Gasteiger partial charge in [-0.05, 0) is 31.9 Å². The van der Waals surface area contributed by atoms with Gasteiger partial charge < -0.3 is 15.8 Å². The predicted octanol–water partition coefficient (Wildman–Crippen LogP) is 2.41. The van der Waals surface area contributed by atoms with Crippen molar-refractivity contribution in [2.75, 3.05) is 24.8 Å². The van der Waals surface area contributed by atoms with Gasteiger partial charge in [0.2, 0.25) is 0 Å². The number of hydrogen-bond acceptors (Lipinski definition) is 3. The van der Waals surface area contributed by atoms with Crippen LogP contribution in [0.3, 0.4) is 0 Å². The average Bonchev–Trinajstić information content (AvgIpc) is 2.21. The van der Waals surface area contributed by atoms with Crippen molar-refractivity contribution in [3.05, 3.63) is 23.8 Å². The molecule has 1 rings (SSSR count). The topological polar surface area (TPSA) is 47.3 Å². The molecule has 0 amide bonds. The quantitative estimate of drug-likeness (QED) is 0.730. The first-order valence-corrected chi connectivity index (χ1v) is 5.25. The molecular formula is C12H20N2O. The van der Waals surface area contributed by atoms with Gasteiger partial charge in [0.15, 0.2) is 0 Å². The highest BCUT2D eigenvalue weighted by Crippen LogP contribution is 2.23. The number of methoxy groups -OCH3 is 1. The molecule has 15 heavy (non-hydrogen) atoms. The lowest BCUT2D eigenvalue weighted by molar-refractivity contribution is 0.191. The van der Waals surface area contributed by atoms with Gasteiger partial charge in [-0.3, -0.25) is 0 Å². The van der Waals surface area contributed by atoms with Crippen LogP contribution in [0, 0.1) is 6.92 Å². The second kappa shape index (κ2) is 5.61. The fourth-order valence-corrected chi connectivity index (χ4v) is 1.50. The van der Waals surface area contributed by atoms with E-state index in [4.69, 9.17) is 10.5 Å². The average molecular weight is 208 g/mol. The Morgan fingerprint density at radius 1 is 1.47 bits per heavy atom. The number of aryl methyl sites for hydroxylation is 1. The Bertz CT molecular complexity index is 292. The summed E-state index contributed by atoms with van der Waals surface area (Å²) in [5.41, 5.74) is 8.93. The van der Waals surface area contributed by atoms with Gasteiger partial charge in [-0.1, -0.05) is 12.1 Å². The van der Waals surface area contributed by atoms with Gasteiger partial charge in [0.1, 0.15) is 0 Å². The van der Waals surface area contributed by atoms with Crippen LogP contribution < -0.4 is 11.1 Å². The van der Waals surface area contributed by atoms with Crippen LogP contribution >= 0.6 is 0 Å². The Hall–Kier alpha value is -1.22. The fraction of sp³-hybridized carbons (Fsp3) is 0.500. The maximum Gasteiger partial charge on any atom is 0.0605 e. The van der Waals surface area contributed by atoms with Crippen molar-refractivity contribution in [2.24, 2.45) is 0 Å². The largest absolute Gasteiger partial charge is 0.397 e. The number of ether oxygens (including phenoxy) is 1. The van der Waals surface area contributed by atoms with E-state index < -0.39 is 0 Å². The van der Waals surface area contributed by atoms with E-state index in [9.17, 15) is 0 Å². The lowest BCUT2D eigenvalue weighted by Crippen LogP contribution is -2.18. The number of hydrogen-bond donors (Lipinski definition) is 2. The summed E-state index contributed by atoms with van der Waals surface area (Å²) in [5.74, 6) is 0. The summed E-state index contributed by atoms with van der Waals surface area (Å²) in [7, 11) is 1.72. The van der Waals surface area contributed by atoms with Crippen molar-refractivity contribution in [3.8, 4) is 0 Å². The summed E-state index contributed by atoms with van der Waals surface area (Å²) in [6, 6.07) is 6.31. The molecule has 0 fully saturated rings. The summed E-state index contributed by atoms with van der Waals surface area (Å²) >= 11 is 0. The highest BCUT2D eigenvalue weighted by Gasteiger charge is 2.06. The summed E-state index contributed by atoms with van der Waals surface area (Å²) < 4.78 is 5.04. The summed E-state index contributed by atoms with van der Waals surface area (Å²) in [4.78, 5) is 0. The van der Waals surface area contributed by atoms with Crippen molar-refractivity contribution >= 4 is 11.4 Å². The monoisotopic (exact) mass is 208 g/mol. The van der Waals surface area contributed by atoms with Gasteiger partial charge in [-0.25, -0.2) is 0 Å². The zero-order valence-corrected chi connectivity index (χ0v) is 9.71. The van der Waals surface area contributed by atoms with Crippen LogP contribution in [0.15, 0.2) is 18.2 Å². The third-order valence-electron chi connectivity index (χ3n) is 2.45. The van der Waals surface area contributed by atoms with Gasteiger partial charge in [0, 0.05) is 19.8 Å². The number of anilines is 2. The molecule has 0 heterocycles. The standard InChI is InChI=1S/C12H20N2O/c1-9-5-4-6-11(13)12(9)14-10(2)7-8-15-3/h4-6,10,14H,7-8,13H2,1-3H3. The van der Waals surface area contributed by atoms with Crippen molar-refractivity contribution in [2.45, 2.75) is 26.3 Å². The molecule has 3 N–H and O–H groups in total. The van der Waals surface area contributed by atoms with Crippen molar-refractivity contribution in [1.29, 1.82) is 0 Å².